The zero-order chi connectivity index (χ0) is 17.0. The van der Waals surface area contributed by atoms with E-state index >= 15 is 0 Å². The van der Waals surface area contributed by atoms with E-state index in [-0.39, 0.29) is 19.6 Å². The molecule has 1 fully saturated rings. The molecule has 0 aliphatic carbocycles. The van der Waals surface area contributed by atoms with E-state index in [1.165, 1.54) is 4.90 Å². The third-order valence-corrected chi connectivity index (χ3v) is 3.90. The predicted molar refractivity (Wildman–Crippen MR) is 79.9 cm³/mol. The van der Waals surface area contributed by atoms with Gasteiger partial charge in [-0.1, -0.05) is 12.1 Å². The van der Waals surface area contributed by atoms with Crippen molar-refractivity contribution in [1.29, 1.82) is 0 Å². The second-order valence-corrected chi connectivity index (χ2v) is 5.59. The van der Waals surface area contributed by atoms with Crippen molar-refractivity contribution >= 4 is 11.9 Å². The van der Waals surface area contributed by atoms with E-state index in [1.54, 1.807) is 26.2 Å². The largest absolute Gasteiger partial charge is 0.497 e. The summed E-state index contributed by atoms with van der Waals surface area (Å²) in [5.41, 5.74) is -1.52. The molecule has 1 saturated heterocycles. The molecule has 0 aromatic heterocycles. The second kappa shape index (κ2) is 6.95. The first-order valence-electron chi connectivity index (χ1n) is 7.31. The highest BCUT2D eigenvalue weighted by Crippen LogP contribution is 2.26. The van der Waals surface area contributed by atoms with E-state index in [0.29, 0.717) is 5.75 Å². The van der Waals surface area contributed by atoms with Crippen LogP contribution >= 0.6 is 0 Å². The van der Waals surface area contributed by atoms with E-state index in [4.69, 9.17) is 14.6 Å². The SMILES string of the molecule is COc1cccc(COC(C)C(=O)N2CCC(F)(C(=O)O)C2)c1. The molecule has 1 amide bonds. The smallest absolute Gasteiger partial charge is 0.343 e. The van der Waals surface area contributed by atoms with Gasteiger partial charge in [-0.3, -0.25) is 4.79 Å². The topological polar surface area (TPSA) is 76.1 Å². The number of methoxy groups -OCH3 is 1. The first-order chi connectivity index (χ1) is 10.9. The van der Waals surface area contributed by atoms with Gasteiger partial charge in [0.05, 0.1) is 20.3 Å². The van der Waals surface area contributed by atoms with Gasteiger partial charge >= 0.3 is 5.97 Å². The molecule has 1 N–H and O–H groups in total. The monoisotopic (exact) mass is 325 g/mol. The van der Waals surface area contributed by atoms with Crippen LogP contribution in [-0.4, -0.2) is 53.9 Å². The van der Waals surface area contributed by atoms with Crippen molar-refractivity contribution in [3.8, 4) is 5.75 Å². The molecular formula is C16H20FNO5. The van der Waals surface area contributed by atoms with Crippen LogP contribution in [-0.2, 0) is 20.9 Å². The van der Waals surface area contributed by atoms with Gasteiger partial charge in [-0.25, -0.2) is 9.18 Å². The third-order valence-electron chi connectivity index (χ3n) is 3.90. The Labute approximate surface area is 133 Å². The van der Waals surface area contributed by atoms with Gasteiger partial charge in [0.25, 0.3) is 5.91 Å². The molecule has 126 valence electrons. The van der Waals surface area contributed by atoms with E-state index in [9.17, 15) is 14.0 Å². The fourth-order valence-corrected chi connectivity index (χ4v) is 2.45. The Morgan fingerprint density at radius 1 is 1.48 bits per heavy atom. The van der Waals surface area contributed by atoms with Crippen LogP contribution in [0.5, 0.6) is 5.75 Å². The maximum atomic E-state index is 14.0. The number of carboxylic acids is 1. The lowest BCUT2D eigenvalue weighted by Gasteiger charge is -2.21. The maximum absolute atomic E-state index is 14.0. The number of carboxylic acid groups (broad SMARTS) is 1. The van der Waals surface area contributed by atoms with Crippen molar-refractivity contribution < 1.29 is 28.6 Å². The fraction of sp³-hybridized carbons (Fsp3) is 0.500. The van der Waals surface area contributed by atoms with Crippen LogP contribution in [0.25, 0.3) is 0 Å². The van der Waals surface area contributed by atoms with Gasteiger partial charge in [0.1, 0.15) is 11.9 Å². The number of hydrogen-bond donors (Lipinski definition) is 1. The predicted octanol–water partition coefficient (Wildman–Crippen LogP) is 1.63. The molecule has 23 heavy (non-hydrogen) atoms. The van der Waals surface area contributed by atoms with Crippen LogP contribution in [0.15, 0.2) is 24.3 Å². The molecule has 0 radical (unpaired) electrons. The standard InChI is InChI=1S/C16H20FNO5/c1-11(23-9-12-4-3-5-13(8-12)22-2)14(19)18-7-6-16(17,10-18)15(20)21/h3-5,8,11H,6-7,9-10H2,1-2H3,(H,20,21). The number of carbonyl (C=O) groups is 2. The zero-order valence-electron chi connectivity index (χ0n) is 13.1. The molecule has 2 rings (SSSR count). The van der Waals surface area contributed by atoms with Crippen LogP contribution in [0.3, 0.4) is 0 Å². The molecule has 0 saturated carbocycles. The van der Waals surface area contributed by atoms with E-state index in [2.05, 4.69) is 0 Å². The molecule has 0 bridgehead atoms. The number of likely N-dealkylation sites (tertiary alicyclic amines) is 1. The molecule has 1 aliphatic heterocycles. The summed E-state index contributed by atoms with van der Waals surface area (Å²) in [5.74, 6) is -1.25. The second-order valence-electron chi connectivity index (χ2n) is 5.59. The van der Waals surface area contributed by atoms with Crippen molar-refractivity contribution in [1.82, 2.24) is 4.90 Å². The van der Waals surface area contributed by atoms with Crippen LogP contribution in [0.4, 0.5) is 4.39 Å². The number of nitrogens with zero attached hydrogens (tertiary/aromatic N) is 1. The summed E-state index contributed by atoms with van der Waals surface area (Å²) in [4.78, 5) is 24.3. The molecule has 0 spiro atoms. The fourth-order valence-electron chi connectivity index (χ4n) is 2.45. The Bertz CT molecular complexity index is 594. The molecule has 1 heterocycles. The van der Waals surface area contributed by atoms with Crippen molar-refractivity contribution in [3.05, 3.63) is 29.8 Å². The average molecular weight is 325 g/mol. The van der Waals surface area contributed by atoms with Gasteiger partial charge in [0.15, 0.2) is 0 Å². The Hall–Kier alpha value is -2.15. The van der Waals surface area contributed by atoms with E-state index in [1.807, 2.05) is 12.1 Å². The minimum atomic E-state index is -2.36. The average Bonchev–Trinajstić information content (AvgIpc) is 2.96. The van der Waals surface area contributed by atoms with Crippen molar-refractivity contribution in [3.63, 3.8) is 0 Å². The first-order valence-corrected chi connectivity index (χ1v) is 7.31. The van der Waals surface area contributed by atoms with Gasteiger partial charge in [-0.2, -0.15) is 0 Å². The summed E-state index contributed by atoms with van der Waals surface area (Å²) in [5, 5.41) is 8.86. The van der Waals surface area contributed by atoms with E-state index in [0.717, 1.165) is 5.56 Å². The van der Waals surface area contributed by atoms with Gasteiger partial charge in [0, 0.05) is 13.0 Å². The van der Waals surface area contributed by atoms with E-state index < -0.39 is 30.2 Å². The minimum absolute atomic E-state index is 0.0779. The lowest BCUT2D eigenvalue weighted by atomic mass is 10.1. The summed E-state index contributed by atoms with van der Waals surface area (Å²) >= 11 is 0. The molecule has 1 aliphatic rings. The molecule has 1 aromatic carbocycles. The molecule has 1 aromatic rings. The third kappa shape index (κ3) is 3.98. The lowest BCUT2D eigenvalue weighted by Crippen LogP contribution is -2.42. The number of aliphatic carboxylic acids is 1. The van der Waals surface area contributed by atoms with Gasteiger partial charge < -0.3 is 19.5 Å². The van der Waals surface area contributed by atoms with Crippen LogP contribution in [0, 0.1) is 0 Å². The van der Waals surface area contributed by atoms with Gasteiger partial charge in [0.2, 0.25) is 5.67 Å². The number of halogens is 1. The van der Waals surface area contributed by atoms with Crippen LogP contribution < -0.4 is 4.74 Å². The zero-order valence-corrected chi connectivity index (χ0v) is 13.1. The van der Waals surface area contributed by atoms with Gasteiger partial charge in [-0.05, 0) is 24.6 Å². The highest BCUT2D eigenvalue weighted by atomic mass is 19.1. The quantitative estimate of drug-likeness (QED) is 0.860. The normalized spacial score (nSPS) is 22.0. The number of alkyl halides is 1. The molecule has 2 unspecified atom stereocenters. The summed E-state index contributed by atoms with van der Waals surface area (Å²) in [7, 11) is 1.56. The lowest BCUT2D eigenvalue weighted by molar-refractivity contribution is -0.151. The Morgan fingerprint density at radius 3 is 2.83 bits per heavy atom. The maximum Gasteiger partial charge on any atom is 0.343 e. The summed E-state index contributed by atoms with van der Waals surface area (Å²) in [6.45, 7) is 1.42. The van der Waals surface area contributed by atoms with Crippen LogP contribution in [0.1, 0.15) is 18.9 Å². The number of ether oxygens (including phenoxy) is 2. The molecule has 2 atom stereocenters. The van der Waals surface area contributed by atoms with Gasteiger partial charge in [-0.15, -0.1) is 0 Å². The van der Waals surface area contributed by atoms with Crippen molar-refractivity contribution in [2.45, 2.75) is 31.7 Å². The first kappa shape index (κ1) is 17.2. The number of rotatable bonds is 6. The summed E-state index contributed by atoms with van der Waals surface area (Å²) in [6.07, 6.45) is -0.978. The molecule has 7 heteroatoms. The number of benzene rings is 1. The molecule has 6 nitrogen and oxygen atoms in total. The molecular weight excluding hydrogens is 305 g/mol. The number of hydrogen-bond acceptors (Lipinski definition) is 4. The Morgan fingerprint density at radius 2 is 2.22 bits per heavy atom. The highest BCUT2D eigenvalue weighted by molar-refractivity contribution is 5.84. The van der Waals surface area contributed by atoms with Crippen molar-refractivity contribution in [2.75, 3.05) is 20.2 Å². The summed E-state index contributed by atoms with van der Waals surface area (Å²) < 4.78 is 24.6. The number of carbonyl (C=O) groups excluding carboxylic acids is 1. The minimum Gasteiger partial charge on any atom is -0.497 e. The van der Waals surface area contributed by atoms with Crippen LogP contribution in [0.2, 0.25) is 0 Å². The Balaban J connectivity index is 1.89. The highest BCUT2D eigenvalue weighted by Gasteiger charge is 2.47. The number of amides is 1. The summed E-state index contributed by atoms with van der Waals surface area (Å²) in [6, 6.07) is 7.25. The van der Waals surface area contributed by atoms with Crippen molar-refractivity contribution in [2.24, 2.45) is 0 Å². The Kier molecular flexibility index (Phi) is 5.20.